The van der Waals surface area contributed by atoms with Crippen LogP contribution in [0.3, 0.4) is 0 Å². The molecule has 0 radical (unpaired) electrons. The Balaban J connectivity index is 2.26. The predicted molar refractivity (Wildman–Crippen MR) is 80.2 cm³/mol. The Hall–Kier alpha value is -1.23. The maximum Gasteiger partial charge on any atom is 0.257 e. The fourth-order valence-electron chi connectivity index (χ4n) is 1.47. The molecule has 0 aliphatic carbocycles. The number of carbonyl (C=O) groups excluding carboxylic acids is 1. The Morgan fingerprint density at radius 1 is 1.21 bits per heavy atom. The van der Waals surface area contributed by atoms with Crippen molar-refractivity contribution in [2.75, 3.05) is 5.32 Å². The summed E-state index contributed by atoms with van der Waals surface area (Å²) in [6.07, 6.45) is 0. The van der Waals surface area contributed by atoms with Gasteiger partial charge >= 0.3 is 0 Å². The molecule has 2 aromatic carbocycles. The molecule has 0 saturated carbocycles. The molecule has 0 unspecified atom stereocenters. The molecule has 2 N–H and O–H groups in total. The van der Waals surface area contributed by atoms with Gasteiger partial charge in [0.1, 0.15) is 5.75 Å². The molecule has 0 saturated heterocycles. The summed E-state index contributed by atoms with van der Waals surface area (Å²) in [5.41, 5.74) is 0.772. The highest BCUT2D eigenvalue weighted by Gasteiger charge is 2.13. The SMILES string of the molecule is O=C(Nc1ccc(Cl)c(O)c1)c1cccc(Br)c1Cl. The number of benzene rings is 2. The summed E-state index contributed by atoms with van der Waals surface area (Å²) in [6.45, 7) is 0. The van der Waals surface area contributed by atoms with E-state index in [1.54, 1.807) is 24.3 Å². The number of hydrogen-bond acceptors (Lipinski definition) is 2. The van der Waals surface area contributed by atoms with Crippen molar-refractivity contribution in [1.29, 1.82) is 0 Å². The summed E-state index contributed by atoms with van der Waals surface area (Å²) in [7, 11) is 0. The fourth-order valence-corrected chi connectivity index (χ4v) is 2.16. The first-order valence-corrected chi connectivity index (χ1v) is 6.78. The van der Waals surface area contributed by atoms with Crippen LogP contribution in [0.15, 0.2) is 40.9 Å². The van der Waals surface area contributed by atoms with E-state index in [0.29, 0.717) is 20.7 Å². The topological polar surface area (TPSA) is 49.3 Å². The van der Waals surface area contributed by atoms with Gasteiger partial charge < -0.3 is 10.4 Å². The van der Waals surface area contributed by atoms with Crippen molar-refractivity contribution >= 4 is 50.7 Å². The van der Waals surface area contributed by atoms with Crippen LogP contribution in [0.4, 0.5) is 5.69 Å². The van der Waals surface area contributed by atoms with Crippen LogP contribution in [0, 0.1) is 0 Å². The lowest BCUT2D eigenvalue weighted by Crippen LogP contribution is -2.12. The normalized spacial score (nSPS) is 10.3. The van der Waals surface area contributed by atoms with Crippen molar-refractivity contribution in [3.05, 3.63) is 56.5 Å². The second-order valence-corrected chi connectivity index (χ2v) is 5.36. The highest BCUT2D eigenvalue weighted by molar-refractivity contribution is 9.10. The molecule has 98 valence electrons. The van der Waals surface area contributed by atoms with Gasteiger partial charge in [-0.05, 0) is 40.2 Å². The van der Waals surface area contributed by atoms with Crippen LogP contribution in [-0.4, -0.2) is 11.0 Å². The van der Waals surface area contributed by atoms with Gasteiger partial charge in [0, 0.05) is 16.2 Å². The number of hydrogen-bond donors (Lipinski definition) is 2. The molecule has 0 heterocycles. The molecule has 0 fully saturated rings. The van der Waals surface area contributed by atoms with E-state index in [2.05, 4.69) is 21.2 Å². The van der Waals surface area contributed by atoms with Crippen molar-refractivity contribution < 1.29 is 9.90 Å². The van der Waals surface area contributed by atoms with Crippen LogP contribution in [0.5, 0.6) is 5.75 Å². The van der Waals surface area contributed by atoms with E-state index in [4.69, 9.17) is 23.2 Å². The molecule has 0 atom stereocenters. The molecule has 2 aromatic rings. The molecule has 2 rings (SSSR count). The standard InChI is InChI=1S/C13H8BrCl2NO2/c14-9-3-1-2-8(12(9)16)13(19)17-7-4-5-10(15)11(18)6-7/h1-6,18H,(H,17,19). The smallest absolute Gasteiger partial charge is 0.257 e. The predicted octanol–water partition coefficient (Wildman–Crippen LogP) is 4.71. The van der Waals surface area contributed by atoms with E-state index in [-0.39, 0.29) is 16.7 Å². The molecule has 1 amide bonds. The largest absolute Gasteiger partial charge is 0.506 e. The third-order valence-corrected chi connectivity index (χ3v) is 4.02. The van der Waals surface area contributed by atoms with Crippen LogP contribution in [0.2, 0.25) is 10.0 Å². The summed E-state index contributed by atoms with van der Waals surface area (Å²) in [5.74, 6) is -0.465. The number of carbonyl (C=O) groups is 1. The van der Waals surface area contributed by atoms with Crippen LogP contribution < -0.4 is 5.32 Å². The minimum absolute atomic E-state index is 0.0974. The third-order valence-electron chi connectivity index (χ3n) is 2.40. The first-order chi connectivity index (χ1) is 8.99. The van der Waals surface area contributed by atoms with Gasteiger partial charge in [-0.15, -0.1) is 0 Å². The summed E-state index contributed by atoms with van der Waals surface area (Å²) in [5, 5.41) is 12.6. The maximum absolute atomic E-state index is 12.1. The second kappa shape index (κ2) is 5.82. The molecule has 0 spiro atoms. The lowest BCUT2D eigenvalue weighted by molar-refractivity contribution is 0.102. The number of halogens is 3. The average molecular weight is 361 g/mol. The molecule has 0 aliphatic heterocycles. The van der Waals surface area contributed by atoms with E-state index in [1.165, 1.54) is 12.1 Å². The number of phenolic OH excluding ortho intramolecular Hbond substituents is 1. The zero-order chi connectivity index (χ0) is 14.0. The monoisotopic (exact) mass is 359 g/mol. The lowest BCUT2D eigenvalue weighted by Gasteiger charge is -2.08. The van der Waals surface area contributed by atoms with Gasteiger partial charge in [-0.25, -0.2) is 0 Å². The van der Waals surface area contributed by atoms with Crippen molar-refractivity contribution in [2.24, 2.45) is 0 Å². The highest BCUT2D eigenvalue weighted by atomic mass is 79.9. The van der Waals surface area contributed by atoms with E-state index in [0.717, 1.165) is 0 Å². The molecule has 19 heavy (non-hydrogen) atoms. The highest BCUT2D eigenvalue weighted by Crippen LogP contribution is 2.29. The lowest BCUT2D eigenvalue weighted by atomic mass is 10.2. The van der Waals surface area contributed by atoms with Crippen LogP contribution in [0.1, 0.15) is 10.4 Å². The Morgan fingerprint density at radius 2 is 1.95 bits per heavy atom. The van der Waals surface area contributed by atoms with Gasteiger partial charge in [0.15, 0.2) is 0 Å². The van der Waals surface area contributed by atoms with Crippen molar-refractivity contribution in [3.8, 4) is 5.75 Å². The number of anilines is 1. The van der Waals surface area contributed by atoms with Gasteiger partial charge in [-0.3, -0.25) is 4.79 Å². The first kappa shape index (κ1) is 14.2. The molecule has 0 bridgehead atoms. The molecule has 0 aliphatic rings. The molecular weight excluding hydrogens is 353 g/mol. The van der Waals surface area contributed by atoms with Crippen LogP contribution in [-0.2, 0) is 0 Å². The Labute approximate surface area is 128 Å². The number of nitrogens with one attached hydrogen (secondary N) is 1. The van der Waals surface area contributed by atoms with Crippen molar-refractivity contribution in [2.45, 2.75) is 0 Å². The van der Waals surface area contributed by atoms with Gasteiger partial charge in [0.2, 0.25) is 0 Å². The zero-order valence-corrected chi connectivity index (χ0v) is 12.6. The number of rotatable bonds is 2. The quantitative estimate of drug-likeness (QED) is 0.814. The van der Waals surface area contributed by atoms with Gasteiger partial charge in [0.25, 0.3) is 5.91 Å². The minimum Gasteiger partial charge on any atom is -0.506 e. The summed E-state index contributed by atoms with van der Waals surface area (Å²) >= 11 is 15.0. The van der Waals surface area contributed by atoms with Gasteiger partial charge in [-0.1, -0.05) is 29.3 Å². The summed E-state index contributed by atoms with van der Waals surface area (Å²) in [6, 6.07) is 9.52. The number of phenols is 1. The van der Waals surface area contributed by atoms with Crippen LogP contribution >= 0.6 is 39.1 Å². The van der Waals surface area contributed by atoms with E-state index < -0.39 is 0 Å². The number of amides is 1. The van der Waals surface area contributed by atoms with Gasteiger partial charge in [0.05, 0.1) is 15.6 Å². The van der Waals surface area contributed by atoms with E-state index in [1.807, 2.05) is 0 Å². The Morgan fingerprint density at radius 3 is 2.63 bits per heavy atom. The first-order valence-electron chi connectivity index (χ1n) is 5.23. The summed E-state index contributed by atoms with van der Waals surface area (Å²) < 4.78 is 0.640. The molecule has 6 heteroatoms. The molecular formula is C13H8BrCl2NO2. The van der Waals surface area contributed by atoms with Crippen molar-refractivity contribution in [3.63, 3.8) is 0 Å². The number of aromatic hydroxyl groups is 1. The maximum atomic E-state index is 12.1. The average Bonchev–Trinajstić information content (AvgIpc) is 2.37. The second-order valence-electron chi connectivity index (χ2n) is 3.72. The van der Waals surface area contributed by atoms with E-state index >= 15 is 0 Å². The van der Waals surface area contributed by atoms with Crippen molar-refractivity contribution in [1.82, 2.24) is 0 Å². The fraction of sp³-hybridized carbons (Fsp3) is 0. The minimum atomic E-state index is -0.368. The van der Waals surface area contributed by atoms with Crippen LogP contribution in [0.25, 0.3) is 0 Å². The Bertz CT molecular complexity index is 647. The van der Waals surface area contributed by atoms with E-state index in [9.17, 15) is 9.90 Å². The molecule has 0 aromatic heterocycles. The third kappa shape index (κ3) is 3.21. The summed E-state index contributed by atoms with van der Waals surface area (Å²) in [4.78, 5) is 12.1. The Kier molecular flexibility index (Phi) is 4.34. The zero-order valence-electron chi connectivity index (χ0n) is 9.45. The van der Waals surface area contributed by atoms with Gasteiger partial charge in [-0.2, -0.15) is 0 Å². The molecule has 3 nitrogen and oxygen atoms in total.